The smallest absolute Gasteiger partial charge is 0.229 e. The summed E-state index contributed by atoms with van der Waals surface area (Å²) in [4.78, 5) is 12.2. The van der Waals surface area contributed by atoms with Gasteiger partial charge in [0.2, 0.25) is 5.95 Å². The van der Waals surface area contributed by atoms with Crippen LogP contribution in [0.5, 0.6) is 0 Å². The molecule has 3 N–H and O–H groups in total. The van der Waals surface area contributed by atoms with E-state index in [1.54, 1.807) is 36.4 Å². The number of aromatic nitrogens is 2. The van der Waals surface area contributed by atoms with Gasteiger partial charge in [0.05, 0.1) is 24.9 Å². The lowest BCUT2D eigenvalue weighted by atomic mass is 10.0. The maximum atomic E-state index is 9.60. The van der Waals surface area contributed by atoms with Crippen molar-refractivity contribution in [3.63, 3.8) is 0 Å². The second-order valence-electron chi connectivity index (χ2n) is 6.63. The van der Waals surface area contributed by atoms with Crippen molar-refractivity contribution in [1.82, 2.24) is 9.97 Å². The Morgan fingerprint density at radius 2 is 1.80 bits per heavy atom. The van der Waals surface area contributed by atoms with Gasteiger partial charge in [-0.1, -0.05) is 12.1 Å². The van der Waals surface area contributed by atoms with Gasteiger partial charge >= 0.3 is 0 Å². The lowest BCUT2D eigenvalue weighted by molar-refractivity contribution is 0.277. The minimum absolute atomic E-state index is 0.224. The summed E-state index contributed by atoms with van der Waals surface area (Å²) in [7, 11) is 0. The van der Waals surface area contributed by atoms with Gasteiger partial charge in [0.15, 0.2) is 5.69 Å². The van der Waals surface area contributed by atoms with E-state index in [9.17, 15) is 5.11 Å². The molecule has 0 saturated heterocycles. The normalized spacial score (nSPS) is 10.4. The number of hydrogen-bond donors (Lipinski definition) is 3. The van der Waals surface area contributed by atoms with Crippen LogP contribution in [0.4, 0.5) is 28.8 Å². The van der Waals surface area contributed by atoms with Gasteiger partial charge in [-0.15, -0.1) is 0 Å². The summed E-state index contributed by atoms with van der Waals surface area (Å²) in [5.41, 5.74) is 5.61. The lowest BCUT2D eigenvalue weighted by Gasteiger charge is -2.15. The maximum Gasteiger partial charge on any atom is 0.229 e. The SMILES string of the molecule is [C-]#[N+]c1ccc(Nc2nc(CO)cc(Nc3c(C)cc(C=CC#N)cc3C)n2)cc1. The molecule has 0 amide bonds. The summed E-state index contributed by atoms with van der Waals surface area (Å²) < 4.78 is 0. The van der Waals surface area contributed by atoms with Crippen molar-refractivity contribution in [3.8, 4) is 6.07 Å². The van der Waals surface area contributed by atoms with Gasteiger partial charge in [-0.3, -0.25) is 0 Å². The minimum atomic E-state index is -0.224. The minimum Gasteiger partial charge on any atom is -0.390 e. The van der Waals surface area contributed by atoms with Crippen molar-refractivity contribution in [2.45, 2.75) is 20.5 Å². The molecule has 2 aromatic carbocycles. The molecule has 0 aliphatic carbocycles. The average Bonchev–Trinajstić information content (AvgIpc) is 2.75. The van der Waals surface area contributed by atoms with Crippen molar-refractivity contribution in [2.24, 2.45) is 0 Å². The first kappa shape index (κ1) is 20.5. The standard InChI is InChI=1S/C23H20N6O/c1-15-11-17(5-4-10-24)12-16(2)22(15)28-21-13-20(14-30)27-23(29-21)26-19-8-6-18(25-3)7-9-19/h4-9,11-13,30H,14H2,1-2H3,(H2,26,27,28,29). The van der Waals surface area contributed by atoms with Crippen LogP contribution in [0.3, 0.4) is 0 Å². The Kier molecular flexibility index (Phi) is 6.39. The molecule has 3 aromatic rings. The molecule has 0 aliphatic rings. The fourth-order valence-electron chi connectivity index (χ4n) is 3.00. The number of aliphatic hydroxyl groups is 1. The van der Waals surface area contributed by atoms with Crippen LogP contribution < -0.4 is 10.6 Å². The molecule has 3 rings (SSSR count). The average molecular weight is 396 g/mol. The van der Waals surface area contributed by atoms with E-state index in [2.05, 4.69) is 25.4 Å². The lowest BCUT2D eigenvalue weighted by Crippen LogP contribution is -2.05. The van der Waals surface area contributed by atoms with E-state index in [1.165, 1.54) is 6.08 Å². The summed E-state index contributed by atoms with van der Waals surface area (Å²) in [5, 5.41) is 24.7. The van der Waals surface area contributed by atoms with Crippen LogP contribution in [0.1, 0.15) is 22.4 Å². The highest BCUT2D eigenvalue weighted by atomic mass is 16.3. The first-order valence-electron chi connectivity index (χ1n) is 9.20. The van der Waals surface area contributed by atoms with Crippen molar-refractivity contribution in [3.05, 3.63) is 82.3 Å². The zero-order valence-electron chi connectivity index (χ0n) is 16.6. The molecule has 30 heavy (non-hydrogen) atoms. The third kappa shape index (κ3) is 4.99. The van der Waals surface area contributed by atoms with Crippen LogP contribution in [-0.2, 0) is 6.61 Å². The zero-order valence-corrected chi connectivity index (χ0v) is 16.6. The predicted octanol–water partition coefficient (Wildman–Crippen LogP) is 5.16. The second kappa shape index (κ2) is 9.33. The fraction of sp³-hybridized carbons (Fsp3) is 0.130. The van der Waals surface area contributed by atoms with Gasteiger partial charge in [0.25, 0.3) is 0 Å². The second-order valence-corrected chi connectivity index (χ2v) is 6.63. The molecule has 0 saturated carbocycles. The summed E-state index contributed by atoms with van der Waals surface area (Å²) in [5.74, 6) is 0.879. The predicted molar refractivity (Wildman–Crippen MR) is 118 cm³/mol. The Morgan fingerprint density at radius 1 is 1.10 bits per heavy atom. The molecular weight excluding hydrogens is 376 g/mol. The number of rotatable bonds is 6. The van der Waals surface area contributed by atoms with E-state index in [0.29, 0.717) is 23.1 Å². The maximum absolute atomic E-state index is 9.60. The van der Waals surface area contributed by atoms with Crippen LogP contribution in [0, 0.1) is 31.8 Å². The molecule has 0 unspecified atom stereocenters. The molecule has 0 bridgehead atoms. The Morgan fingerprint density at radius 3 is 2.40 bits per heavy atom. The molecule has 1 heterocycles. The molecule has 0 radical (unpaired) electrons. The summed E-state index contributed by atoms with van der Waals surface area (Å²) >= 11 is 0. The molecule has 1 aromatic heterocycles. The topological polar surface area (TPSA) is 98.2 Å². The number of allylic oxidation sites excluding steroid dienone is 1. The summed E-state index contributed by atoms with van der Waals surface area (Å²) in [6.45, 7) is 10.8. The number of aryl methyl sites for hydroxylation is 2. The Balaban J connectivity index is 1.89. The molecule has 0 fully saturated rings. The molecule has 0 atom stereocenters. The highest BCUT2D eigenvalue weighted by molar-refractivity contribution is 5.69. The first-order chi connectivity index (χ1) is 14.5. The van der Waals surface area contributed by atoms with Crippen molar-refractivity contribution >= 4 is 34.9 Å². The van der Waals surface area contributed by atoms with Gasteiger partial charge in [-0.2, -0.15) is 10.2 Å². The Hall–Kier alpha value is -4.20. The van der Waals surface area contributed by atoms with Crippen molar-refractivity contribution in [2.75, 3.05) is 10.6 Å². The summed E-state index contributed by atoms with van der Waals surface area (Å²) in [6.07, 6.45) is 3.21. The van der Waals surface area contributed by atoms with Crippen molar-refractivity contribution < 1.29 is 5.11 Å². The number of nitrogens with zero attached hydrogens (tertiary/aromatic N) is 4. The Labute approximate surface area is 175 Å². The fourth-order valence-corrected chi connectivity index (χ4v) is 3.00. The number of nitrogens with one attached hydrogen (secondary N) is 2. The van der Waals surface area contributed by atoms with Gasteiger partial charge in [0, 0.05) is 23.5 Å². The zero-order chi connectivity index (χ0) is 21.5. The number of anilines is 4. The molecule has 7 heteroatoms. The van der Waals surface area contributed by atoms with E-state index >= 15 is 0 Å². The summed E-state index contributed by atoms with van der Waals surface area (Å²) in [6, 6.07) is 14.6. The van der Waals surface area contributed by atoms with E-state index < -0.39 is 0 Å². The third-order valence-electron chi connectivity index (χ3n) is 4.35. The quantitative estimate of drug-likeness (QED) is 0.393. The van der Waals surface area contributed by atoms with Crippen LogP contribution in [0.2, 0.25) is 0 Å². The van der Waals surface area contributed by atoms with Crippen LogP contribution in [0.15, 0.2) is 48.5 Å². The highest BCUT2D eigenvalue weighted by Gasteiger charge is 2.09. The number of benzene rings is 2. The van der Waals surface area contributed by atoms with E-state index in [1.807, 2.05) is 32.0 Å². The number of aliphatic hydroxyl groups excluding tert-OH is 1. The number of nitriles is 1. The van der Waals surface area contributed by atoms with Gasteiger partial charge in [0.1, 0.15) is 5.82 Å². The highest BCUT2D eigenvalue weighted by Crippen LogP contribution is 2.27. The Bertz CT molecular complexity index is 1150. The molecule has 148 valence electrons. The van der Waals surface area contributed by atoms with Gasteiger partial charge in [-0.05, 0) is 60.9 Å². The van der Waals surface area contributed by atoms with E-state index in [4.69, 9.17) is 11.8 Å². The molecule has 0 spiro atoms. The monoisotopic (exact) mass is 396 g/mol. The molecule has 7 nitrogen and oxygen atoms in total. The molecule has 0 aliphatic heterocycles. The van der Waals surface area contributed by atoms with Crippen LogP contribution in [0.25, 0.3) is 10.9 Å². The van der Waals surface area contributed by atoms with E-state index in [-0.39, 0.29) is 6.61 Å². The third-order valence-corrected chi connectivity index (χ3v) is 4.35. The van der Waals surface area contributed by atoms with Crippen molar-refractivity contribution in [1.29, 1.82) is 5.26 Å². The van der Waals surface area contributed by atoms with Crippen LogP contribution >= 0.6 is 0 Å². The largest absolute Gasteiger partial charge is 0.390 e. The van der Waals surface area contributed by atoms with Crippen LogP contribution in [-0.4, -0.2) is 15.1 Å². The molecular formula is C23H20N6O. The first-order valence-corrected chi connectivity index (χ1v) is 9.20. The van der Waals surface area contributed by atoms with Gasteiger partial charge in [-0.25, -0.2) is 9.83 Å². The van der Waals surface area contributed by atoms with E-state index in [0.717, 1.165) is 28.1 Å². The van der Waals surface area contributed by atoms with Gasteiger partial charge < -0.3 is 15.7 Å². The number of hydrogen-bond acceptors (Lipinski definition) is 6.